The maximum atomic E-state index is 12.2. The van der Waals surface area contributed by atoms with Gasteiger partial charge in [0.25, 0.3) is 0 Å². The minimum atomic E-state index is -3.64. The minimum Gasteiger partial charge on any atom is -0.444 e. The summed E-state index contributed by atoms with van der Waals surface area (Å²) >= 11 is 0. The van der Waals surface area contributed by atoms with Gasteiger partial charge in [-0.25, -0.2) is 9.36 Å². The van der Waals surface area contributed by atoms with Crippen LogP contribution < -0.4 is 5.32 Å². The topological polar surface area (TPSA) is 103 Å². The molecule has 34 heavy (non-hydrogen) atoms. The van der Waals surface area contributed by atoms with E-state index in [4.69, 9.17) is 18.3 Å². The first-order valence-corrected chi connectivity index (χ1v) is 14.5. The third-order valence-corrected chi connectivity index (χ3v) is 6.88. The van der Waals surface area contributed by atoms with E-state index in [2.05, 4.69) is 12.2 Å². The molecule has 0 aliphatic carbocycles. The number of aliphatic hydroxyl groups excluding tert-OH is 1. The Labute approximate surface area is 206 Å². The first-order valence-electron chi connectivity index (χ1n) is 13.0. The van der Waals surface area contributed by atoms with Crippen molar-refractivity contribution in [3.05, 3.63) is 12.2 Å². The van der Waals surface area contributed by atoms with E-state index in [1.807, 2.05) is 6.08 Å². The molecule has 8 nitrogen and oxygen atoms in total. The van der Waals surface area contributed by atoms with E-state index in [1.54, 1.807) is 26.8 Å². The highest BCUT2D eigenvalue weighted by Gasteiger charge is 2.34. The summed E-state index contributed by atoms with van der Waals surface area (Å²) in [7, 11) is -3.64. The van der Waals surface area contributed by atoms with Crippen molar-refractivity contribution in [2.24, 2.45) is 0 Å². The zero-order valence-corrected chi connectivity index (χ0v) is 22.7. The van der Waals surface area contributed by atoms with Crippen LogP contribution in [0, 0.1) is 0 Å². The second-order valence-corrected chi connectivity index (χ2v) is 11.6. The molecule has 0 saturated carbocycles. The first-order chi connectivity index (χ1) is 16.2. The normalized spacial score (nSPS) is 17.7. The maximum Gasteiger partial charge on any atom is 0.475 e. The van der Waals surface area contributed by atoms with Crippen molar-refractivity contribution in [1.29, 1.82) is 0 Å². The lowest BCUT2D eigenvalue weighted by Gasteiger charge is -2.25. The third kappa shape index (κ3) is 15.9. The van der Waals surface area contributed by atoms with Gasteiger partial charge in [-0.15, -0.1) is 0 Å². The number of allylic oxidation sites excluding steroid dienone is 1. The Kier molecular flexibility index (Phi) is 16.0. The molecular weight excluding hydrogens is 457 g/mol. The Morgan fingerprint density at radius 2 is 1.53 bits per heavy atom. The van der Waals surface area contributed by atoms with Crippen LogP contribution in [-0.4, -0.2) is 48.8 Å². The lowest BCUT2D eigenvalue weighted by Crippen LogP contribution is -2.47. The minimum absolute atomic E-state index is 0.183. The van der Waals surface area contributed by atoms with Gasteiger partial charge in [-0.2, -0.15) is 0 Å². The Morgan fingerprint density at radius 3 is 2.06 bits per heavy atom. The molecule has 0 unspecified atom stereocenters. The molecule has 1 rings (SSSR count). The second-order valence-electron chi connectivity index (χ2n) is 9.91. The van der Waals surface area contributed by atoms with Crippen LogP contribution >= 0.6 is 7.82 Å². The van der Waals surface area contributed by atoms with Crippen LogP contribution in [0.25, 0.3) is 0 Å². The van der Waals surface area contributed by atoms with Gasteiger partial charge in [-0.05, 0) is 33.6 Å². The molecule has 1 fully saturated rings. The van der Waals surface area contributed by atoms with Crippen LogP contribution in [-0.2, 0) is 22.9 Å². The number of aliphatic hydroxyl groups is 1. The Bertz CT molecular complexity index is 611. The molecule has 0 aromatic heterocycles. The Balaban J connectivity index is 2.32. The van der Waals surface area contributed by atoms with Gasteiger partial charge in [-0.1, -0.05) is 83.3 Å². The van der Waals surface area contributed by atoms with Gasteiger partial charge in [0.05, 0.1) is 32.0 Å². The number of hydrogen-bond acceptors (Lipinski definition) is 7. The molecule has 200 valence electrons. The van der Waals surface area contributed by atoms with Crippen molar-refractivity contribution in [1.82, 2.24) is 5.32 Å². The summed E-state index contributed by atoms with van der Waals surface area (Å²) in [5.41, 5.74) is -0.685. The fourth-order valence-corrected chi connectivity index (χ4v) is 4.73. The maximum absolute atomic E-state index is 12.2. The lowest BCUT2D eigenvalue weighted by molar-refractivity contribution is 0.0399. The number of amides is 1. The van der Waals surface area contributed by atoms with Crippen LogP contribution in [0.1, 0.15) is 105 Å². The average molecular weight is 506 g/mol. The van der Waals surface area contributed by atoms with E-state index in [0.29, 0.717) is 0 Å². The molecule has 1 amide bonds. The number of carbonyl (C=O) groups excluding carboxylic acids is 1. The summed E-state index contributed by atoms with van der Waals surface area (Å²) in [5.74, 6) is 0. The van der Waals surface area contributed by atoms with E-state index in [1.165, 1.54) is 57.8 Å². The zero-order valence-electron chi connectivity index (χ0n) is 21.8. The number of rotatable bonds is 18. The standard InChI is InChI=1S/C25H48NO7P/c1-5-6-7-8-9-10-11-12-13-14-15-16-17-18-23(27)22(26-24(28)33-25(2,3)4)21-32-34(29)30-19-20-31-34/h17-18,22-23,27H,5-16,19-21H2,1-4H3,(H,26,28)/b18-17+/t22-,23+/m0/s1. The molecule has 0 aromatic carbocycles. The van der Waals surface area contributed by atoms with E-state index in [-0.39, 0.29) is 19.8 Å². The van der Waals surface area contributed by atoms with Gasteiger partial charge < -0.3 is 15.2 Å². The van der Waals surface area contributed by atoms with Crippen LogP contribution in [0.2, 0.25) is 0 Å². The molecule has 1 heterocycles. The number of ether oxygens (including phenoxy) is 1. The molecule has 9 heteroatoms. The van der Waals surface area contributed by atoms with Gasteiger partial charge in [-0.3, -0.25) is 13.6 Å². The van der Waals surface area contributed by atoms with Crippen molar-refractivity contribution in [2.45, 2.75) is 122 Å². The summed E-state index contributed by atoms with van der Waals surface area (Å²) in [6.07, 6.45) is 16.8. The molecule has 0 spiro atoms. The van der Waals surface area contributed by atoms with E-state index in [0.717, 1.165) is 19.3 Å². The average Bonchev–Trinajstić information content (AvgIpc) is 3.19. The third-order valence-electron chi connectivity index (χ3n) is 5.42. The number of hydrogen-bond donors (Lipinski definition) is 2. The molecule has 2 atom stereocenters. The smallest absolute Gasteiger partial charge is 0.444 e. The number of phosphoric ester groups is 1. The van der Waals surface area contributed by atoms with Crippen molar-refractivity contribution >= 4 is 13.9 Å². The zero-order chi connectivity index (χ0) is 25.3. The summed E-state index contributed by atoms with van der Waals surface area (Å²) < 4.78 is 32.8. The number of alkyl carbamates (subject to hydrolysis) is 1. The predicted octanol–water partition coefficient (Wildman–Crippen LogP) is 6.67. The predicted molar refractivity (Wildman–Crippen MR) is 135 cm³/mol. The van der Waals surface area contributed by atoms with Gasteiger partial charge >= 0.3 is 13.9 Å². The lowest BCUT2D eigenvalue weighted by atomic mass is 10.0. The van der Waals surface area contributed by atoms with E-state index >= 15 is 0 Å². The Morgan fingerprint density at radius 1 is 1.00 bits per heavy atom. The SMILES string of the molecule is CCCCCCCCCCCCC/C=C/[C@@H](O)[C@H](COP1(=O)OCCO1)NC(=O)OC(C)(C)C. The quantitative estimate of drug-likeness (QED) is 0.122. The number of nitrogens with one attached hydrogen (secondary N) is 1. The fourth-order valence-electron chi connectivity index (χ4n) is 3.56. The summed E-state index contributed by atoms with van der Waals surface area (Å²) in [4.78, 5) is 12.2. The van der Waals surface area contributed by atoms with Gasteiger partial charge in [0.15, 0.2) is 0 Å². The molecule has 2 N–H and O–H groups in total. The van der Waals surface area contributed by atoms with E-state index < -0.39 is 31.7 Å². The summed E-state index contributed by atoms with van der Waals surface area (Å²) in [6.45, 7) is 7.63. The molecule has 0 bridgehead atoms. The monoisotopic (exact) mass is 505 g/mol. The largest absolute Gasteiger partial charge is 0.475 e. The summed E-state index contributed by atoms with van der Waals surface area (Å²) in [6, 6.07) is -0.859. The van der Waals surface area contributed by atoms with Crippen LogP contribution in [0.5, 0.6) is 0 Å². The number of carbonyl (C=O) groups is 1. The molecule has 1 saturated heterocycles. The van der Waals surface area contributed by atoms with Crippen molar-refractivity contribution in [2.75, 3.05) is 19.8 Å². The number of unbranched alkanes of at least 4 members (excludes halogenated alkanes) is 11. The molecular formula is C25H48NO7P. The summed E-state index contributed by atoms with van der Waals surface area (Å²) in [5, 5.41) is 13.2. The van der Waals surface area contributed by atoms with Gasteiger partial charge in [0, 0.05) is 0 Å². The van der Waals surface area contributed by atoms with Gasteiger partial charge in [0.2, 0.25) is 0 Å². The van der Waals surface area contributed by atoms with Crippen molar-refractivity contribution < 1.29 is 32.8 Å². The second kappa shape index (κ2) is 17.5. The fraction of sp³-hybridized carbons (Fsp3) is 0.880. The highest BCUT2D eigenvalue weighted by Crippen LogP contribution is 2.52. The number of phosphoric acid groups is 1. The van der Waals surface area contributed by atoms with Crippen LogP contribution in [0.15, 0.2) is 12.2 Å². The molecule has 1 aliphatic rings. The Hall–Kier alpha value is -0.920. The van der Waals surface area contributed by atoms with Crippen LogP contribution in [0.4, 0.5) is 4.79 Å². The molecule has 0 radical (unpaired) electrons. The first kappa shape index (κ1) is 31.1. The molecule has 1 aliphatic heterocycles. The van der Waals surface area contributed by atoms with Crippen LogP contribution in [0.3, 0.4) is 0 Å². The highest BCUT2D eigenvalue weighted by atomic mass is 31.2. The van der Waals surface area contributed by atoms with Crippen molar-refractivity contribution in [3.8, 4) is 0 Å². The van der Waals surface area contributed by atoms with Gasteiger partial charge in [0.1, 0.15) is 5.60 Å². The van der Waals surface area contributed by atoms with E-state index in [9.17, 15) is 14.5 Å². The molecule has 0 aromatic rings. The highest BCUT2D eigenvalue weighted by molar-refractivity contribution is 7.48. The van der Waals surface area contributed by atoms with Crippen molar-refractivity contribution in [3.63, 3.8) is 0 Å².